The normalized spacial score (nSPS) is 36.8. The Bertz CT molecular complexity index is 314. The van der Waals surface area contributed by atoms with Crippen molar-refractivity contribution >= 4 is 0 Å². The molecule has 0 bridgehead atoms. The summed E-state index contributed by atoms with van der Waals surface area (Å²) in [5.74, 6) is 2.19. The molecule has 0 amide bonds. The fourth-order valence-corrected chi connectivity index (χ4v) is 4.50. The third kappa shape index (κ3) is 4.84. The van der Waals surface area contributed by atoms with E-state index in [4.69, 9.17) is 0 Å². The van der Waals surface area contributed by atoms with Gasteiger partial charge in [0.1, 0.15) is 0 Å². The van der Waals surface area contributed by atoms with Crippen molar-refractivity contribution in [3.8, 4) is 0 Å². The van der Waals surface area contributed by atoms with Gasteiger partial charge in [0, 0.05) is 0 Å². The lowest BCUT2D eigenvalue weighted by Crippen LogP contribution is -2.40. The lowest BCUT2D eigenvalue weighted by Gasteiger charge is -2.41. The summed E-state index contributed by atoms with van der Waals surface area (Å²) >= 11 is 0. The highest BCUT2D eigenvalue weighted by atomic mass is 16.3. The van der Waals surface area contributed by atoms with Crippen LogP contribution in [0.15, 0.2) is 12.2 Å². The second kappa shape index (κ2) is 8.36. The highest BCUT2D eigenvalue weighted by molar-refractivity contribution is 5.11. The minimum absolute atomic E-state index is 0.474. The number of unbranched alkanes of at least 4 members (excludes halogenated alkanes) is 2. The molecule has 2 unspecified atom stereocenters. The van der Waals surface area contributed by atoms with Crippen LogP contribution >= 0.6 is 0 Å². The average molecular weight is 293 g/mol. The smallest absolute Gasteiger partial charge is 0.0856 e. The Morgan fingerprint density at radius 3 is 2.29 bits per heavy atom. The van der Waals surface area contributed by atoms with Gasteiger partial charge in [-0.1, -0.05) is 70.9 Å². The van der Waals surface area contributed by atoms with Gasteiger partial charge in [-0.2, -0.15) is 0 Å². The molecular weight excluding hydrogens is 256 g/mol. The number of aliphatic hydroxyl groups is 1. The van der Waals surface area contributed by atoms with Gasteiger partial charge in [0.05, 0.1) is 5.60 Å². The molecule has 0 aromatic carbocycles. The maximum atomic E-state index is 11.0. The zero-order chi connectivity index (χ0) is 15.1. The molecule has 1 heteroatoms. The average Bonchev–Trinajstić information content (AvgIpc) is 2.51. The van der Waals surface area contributed by atoms with Crippen molar-refractivity contribution in [3.05, 3.63) is 12.2 Å². The molecule has 21 heavy (non-hydrogen) atoms. The van der Waals surface area contributed by atoms with Gasteiger partial charge >= 0.3 is 0 Å². The van der Waals surface area contributed by atoms with E-state index in [2.05, 4.69) is 26.0 Å². The van der Waals surface area contributed by atoms with Crippen LogP contribution in [-0.2, 0) is 0 Å². The molecule has 0 aliphatic heterocycles. The predicted molar refractivity (Wildman–Crippen MR) is 91.3 cm³/mol. The molecule has 2 aliphatic carbocycles. The summed E-state index contributed by atoms with van der Waals surface area (Å²) in [5, 5.41) is 11.0. The van der Waals surface area contributed by atoms with Crippen LogP contribution in [0.3, 0.4) is 0 Å². The summed E-state index contributed by atoms with van der Waals surface area (Å²) in [6.07, 6.45) is 20.0. The van der Waals surface area contributed by atoms with Crippen molar-refractivity contribution < 1.29 is 5.11 Å². The first-order chi connectivity index (χ1) is 10.2. The van der Waals surface area contributed by atoms with E-state index in [1.54, 1.807) is 0 Å². The van der Waals surface area contributed by atoms with Crippen LogP contribution in [0.1, 0.15) is 90.9 Å². The van der Waals surface area contributed by atoms with Gasteiger partial charge < -0.3 is 5.11 Å². The molecule has 1 N–H and O–H groups in total. The Balaban J connectivity index is 1.80. The van der Waals surface area contributed by atoms with E-state index in [9.17, 15) is 5.11 Å². The fourth-order valence-electron chi connectivity index (χ4n) is 4.50. The minimum Gasteiger partial charge on any atom is -0.386 e. The maximum absolute atomic E-state index is 11.0. The molecule has 2 atom stereocenters. The van der Waals surface area contributed by atoms with Crippen LogP contribution in [0.5, 0.6) is 0 Å². The van der Waals surface area contributed by atoms with Gasteiger partial charge in [-0.3, -0.25) is 0 Å². The summed E-state index contributed by atoms with van der Waals surface area (Å²) in [5.41, 5.74) is -0.474. The Kier molecular flexibility index (Phi) is 6.79. The summed E-state index contributed by atoms with van der Waals surface area (Å²) in [6.45, 7) is 4.56. The zero-order valence-electron chi connectivity index (χ0n) is 14.3. The lowest BCUT2D eigenvalue weighted by atomic mass is 9.68. The predicted octanol–water partition coefficient (Wildman–Crippen LogP) is 5.87. The first-order valence-electron chi connectivity index (χ1n) is 9.59. The van der Waals surface area contributed by atoms with Crippen molar-refractivity contribution in [1.29, 1.82) is 0 Å². The van der Waals surface area contributed by atoms with Crippen molar-refractivity contribution in [3.63, 3.8) is 0 Å². The first-order valence-corrected chi connectivity index (χ1v) is 9.59. The summed E-state index contributed by atoms with van der Waals surface area (Å²) < 4.78 is 0. The number of hydrogen-bond acceptors (Lipinski definition) is 1. The quantitative estimate of drug-likeness (QED) is 0.459. The monoisotopic (exact) mass is 292 g/mol. The maximum Gasteiger partial charge on any atom is 0.0856 e. The first kappa shape index (κ1) is 17.1. The number of rotatable bonds is 7. The molecule has 0 aromatic heterocycles. The van der Waals surface area contributed by atoms with E-state index >= 15 is 0 Å². The van der Waals surface area contributed by atoms with E-state index < -0.39 is 5.60 Å². The lowest BCUT2D eigenvalue weighted by molar-refractivity contribution is -0.0127. The van der Waals surface area contributed by atoms with Crippen LogP contribution < -0.4 is 0 Å². The molecule has 0 radical (unpaired) electrons. The molecule has 0 saturated heterocycles. The SMILES string of the molecule is CCCCCC1C=CC(O)(C2CCC(CCC)CC2)CC1. The second-order valence-corrected chi connectivity index (χ2v) is 7.65. The Hall–Kier alpha value is -0.300. The topological polar surface area (TPSA) is 20.2 Å². The van der Waals surface area contributed by atoms with Gasteiger partial charge in [0.2, 0.25) is 0 Å². The zero-order valence-corrected chi connectivity index (χ0v) is 14.3. The van der Waals surface area contributed by atoms with Crippen molar-refractivity contribution in [2.75, 3.05) is 0 Å². The Morgan fingerprint density at radius 1 is 0.952 bits per heavy atom. The van der Waals surface area contributed by atoms with Crippen molar-refractivity contribution in [2.24, 2.45) is 17.8 Å². The molecule has 122 valence electrons. The fraction of sp³-hybridized carbons (Fsp3) is 0.900. The van der Waals surface area contributed by atoms with Crippen LogP contribution in [0.2, 0.25) is 0 Å². The molecule has 1 nitrogen and oxygen atoms in total. The largest absolute Gasteiger partial charge is 0.386 e. The Labute approximate surface area is 132 Å². The number of allylic oxidation sites excluding steroid dienone is 1. The molecule has 0 heterocycles. The van der Waals surface area contributed by atoms with Crippen LogP contribution in [-0.4, -0.2) is 10.7 Å². The van der Waals surface area contributed by atoms with Crippen molar-refractivity contribution in [2.45, 2.75) is 96.5 Å². The summed E-state index contributed by atoms with van der Waals surface area (Å²) in [6, 6.07) is 0. The van der Waals surface area contributed by atoms with Crippen molar-refractivity contribution in [1.82, 2.24) is 0 Å². The van der Waals surface area contributed by atoms with E-state index in [0.29, 0.717) is 5.92 Å². The van der Waals surface area contributed by atoms with E-state index in [1.165, 1.54) is 70.6 Å². The van der Waals surface area contributed by atoms with Crippen LogP contribution in [0.4, 0.5) is 0 Å². The standard InChI is InChI=1S/C20H36O/c1-3-5-6-8-18-13-15-20(21,16-14-18)19-11-9-17(7-4-2)10-12-19/h13,15,17-19,21H,3-12,14,16H2,1-2H3. The molecule has 2 rings (SSSR count). The van der Waals surface area contributed by atoms with Gasteiger partial charge in [0.25, 0.3) is 0 Å². The van der Waals surface area contributed by atoms with E-state index in [-0.39, 0.29) is 0 Å². The Morgan fingerprint density at radius 2 is 1.71 bits per heavy atom. The minimum atomic E-state index is -0.474. The second-order valence-electron chi connectivity index (χ2n) is 7.65. The van der Waals surface area contributed by atoms with Crippen LogP contribution in [0, 0.1) is 17.8 Å². The van der Waals surface area contributed by atoms with Crippen LogP contribution in [0.25, 0.3) is 0 Å². The summed E-state index contributed by atoms with van der Waals surface area (Å²) in [7, 11) is 0. The van der Waals surface area contributed by atoms with Gasteiger partial charge in [-0.15, -0.1) is 0 Å². The highest BCUT2D eigenvalue weighted by Crippen LogP contribution is 2.42. The third-order valence-corrected chi connectivity index (χ3v) is 6.00. The van der Waals surface area contributed by atoms with E-state index in [1.807, 2.05) is 0 Å². The highest BCUT2D eigenvalue weighted by Gasteiger charge is 2.38. The number of hydrogen-bond donors (Lipinski definition) is 1. The summed E-state index contributed by atoms with van der Waals surface area (Å²) in [4.78, 5) is 0. The van der Waals surface area contributed by atoms with Gasteiger partial charge in [-0.05, 0) is 49.9 Å². The van der Waals surface area contributed by atoms with Gasteiger partial charge in [0.15, 0.2) is 0 Å². The molecule has 1 saturated carbocycles. The van der Waals surface area contributed by atoms with Gasteiger partial charge in [-0.25, -0.2) is 0 Å². The third-order valence-electron chi connectivity index (χ3n) is 6.00. The molecule has 2 aliphatic rings. The molecular formula is C20H36O. The molecule has 1 fully saturated rings. The molecule has 0 aromatic rings. The van der Waals surface area contributed by atoms with E-state index in [0.717, 1.165) is 18.3 Å². The molecule has 0 spiro atoms.